The van der Waals surface area contributed by atoms with Crippen molar-refractivity contribution in [1.82, 2.24) is 15.0 Å². The minimum Gasteiger partial charge on any atom is -0.477 e. The maximum atomic E-state index is 5.29. The van der Waals surface area contributed by atoms with Gasteiger partial charge in [-0.15, -0.1) is 5.10 Å². The fraction of sp³-hybridized carbons (Fsp3) is 0.667. The van der Waals surface area contributed by atoms with Crippen molar-refractivity contribution in [1.29, 1.82) is 0 Å². The van der Waals surface area contributed by atoms with E-state index in [1.165, 1.54) is 0 Å². The van der Waals surface area contributed by atoms with Crippen molar-refractivity contribution in [3.8, 4) is 5.88 Å². The summed E-state index contributed by atoms with van der Waals surface area (Å²) in [6, 6.07) is 0. The van der Waals surface area contributed by atoms with E-state index in [1.807, 2.05) is 0 Å². The average molecular weight is 156 g/mol. The topological polar surface area (TPSA) is 66.0 Å². The van der Waals surface area contributed by atoms with Crippen molar-refractivity contribution in [3.63, 3.8) is 0 Å². The molecule has 1 heterocycles. The van der Waals surface area contributed by atoms with Crippen molar-refractivity contribution < 1.29 is 4.74 Å². The summed E-state index contributed by atoms with van der Waals surface area (Å²) in [5, 5.41) is 7.36. The lowest BCUT2D eigenvalue weighted by Gasteiger charge is -2.02. The molecular weight excluding hydrogens is 144 g/mol. The highest BCUT2D eigenvalue weighted by atomic mass is 16.5. The Kier molecular flexibility index (Phi) is 2.85. The highest BCUT2D eigenvalue weighted by molar-refractivity contribution is 5.00. The van der Waals surface area contributed by atoms with Crippen molar-refractivity contribution in [2.24, 2.45) is 12.8 Å². The van der Waals surface area contributed by atoms with Gasteiger partial charge in [0.15, 0.2) is 0 Å². The molecule has 0 aliphatic heterocycles. The van der Waals surface area contributed by atoms with Gasteiger partial charge in [0.05, 0.1) is 6.61 Å². The fourth-order valence-corrected chi connectivity index (χ4v) is 0.671. The second-order valence-corrected chi connectivity index (χ2v) is 2.19. The van der Waals surface area contributed by atoms with Gasteiger partial charge in [-0.05, 0) is 13.0 Å². The third kappa shape index (κ3) is 2.19. The molecule has 0 unspecified atom stereocenters. The molecule has 0 spiro atoms. The molecule has 1 rings (SSSR count). The van der Waals surface area contributed by atoms with E-state index < -0.39 is 0 Å². The largest absolute Gasteiger partial charge is 0.477 e. The van der Waals surface area contributed by atoms with Gasteiger partial charge in [0, 0.05) is 7.05 Å². The number of aryl methyl sites for hydroxylation is 1. The smallest absolute Gasteiger partial charge is 0.232 e. The molecule has 0 saturated carbocycles. The molecule has 0 saturated heterocycles. The molecular formula is C6H12N4O. The fourth-order valence-electron chi connectivity index (χ4n) is 0.671. The number of ether oxygens (including phenoxy) is 1. The zero-order valence-electron chi connectivity index (χ0n) is 6.53. The van der Waals surface area contributed by atoms with Crippen LogP contribution < -0.4 is 10.5 Å². The lowest BCUT2D eigenvalue weighted by Crippen LogP contribution is -2.07. The number of nitrogens with zero attached hydrogens (tertiary/aromatic N) is 3. The molecule has 0 aromatic carbocycles. The minimum atomic E-state index is 0.623. The average Bonchev–Trinajstić information content (AvgIpc) is 2.37. The van der Waals surface area contributed by atoms with Crippen LogP contribution in [0.5, 0.6) is 5.88 Å². The van der Waals surface area contributed by atoms with Gasteiger partial charge >= 0.3 is 0 Å². The van der Waals surface area contributed by atoms with E-state index in [0.717, 1.165) is 6.42 Å². The molecule has 5 nitrogen and oxygen atoms in total. The summed E-state index contributed by atoms with van der Waals surface area (Å²) in [4.78, 5) is 0. The van der Waals surface area contributed by atoms with Crippen LogP contribution in [0, 0.1) is 0 Å². The molecule has 2 N–H and O–H groups in total. The number of aromatic nitrogens is 3. The predicted octanol–water partition coefficient (Wildman–Crippen LogP) is -0.457. The molecule has 0 aliphatic carbocycles. The Hall–Kier alpha value is -1.10. The second kappa shape index (κ2) is 3.92. The number of rotatable bonds is 4. The Labute approximate surface area is 65.1 Å². The van der Waals surface area contributed by atoms with Gasteiger partial charge < -0.3 is 10.5 Å². The standard InChI is InChI=1S/C6H12N4O/c1-10-6(5-8-9-10)11-4-2-3-7/h5H,2-4,7H2,1H3. The van der Waals surface area contributed by atoms with Crippen LogP contribution in [0.3, 0.4) is 0 Å². The maximum Gasteiger partial charge on any atom is 0.232 e. The van der Waals surface area contributed by atoms with Crippen LogP contribution in [0.4, 0.5) is 0 Å². The number of nitrogens with two attached hydrogens (primary N) is 1. The predicted molar refractivity (Wildman–Crippen MR) is 40.2 cm³/mol. The highest BCUT2D eigenvalue weighted by Crippen LogP contribution is 2.03. The van der Waals surface area contributed by atoms with Gasteiger partial charge in [0.1, 0.15) is 6.20 Å². The van der Waals surface area contributed by atoms with Crippen molar-refractivity contribution in [2.45, 2.75) is 6.42 Å². The summed E-state index contributed by atoms with van der Waals surface area (Å²) < 4.78 is 6.86. The van der Waals surface area contributed by atoms with E-state index in [1.54, 1.807) is 17.9 Å². The van der Waals surface area contributed by atoms with Crippen LogP contribution in [0.25, 0.3) is 0 Å². The van der Waals surface area contributed by atoms with Crippen LogP contribution in [0.1, 0.15) is 6.42 Å². The quantitative estimate of drug-likeness (QED) is 0.599. The van der Waals surface area contributed by atoms with E-state index in [4.69, 9.17) is 10.5 Å². The van der Waals surface area contributed by atoms with E-state index in [0.29, 0.717) is 19.0 Å². The lowest BCUT2D eigenvalue weighted by molar-refractivity contribution is 0.286. The van der Waals surface area contributed by atoms with E-state index >= 15 is 0 Å². The van der Waals surface area contributed by atoms with Crippen LogP contribution >= 0.6 is 0 Å². The van der Waals surface area contributed by atoms with E-state index in [-0.39, 0.29) is 0 Å². The first kappa shape index (κ1) is 8.00. The summed E-state index contributed by atoms with van der Waals surface area (Å²) in [6.07, 6.45) is 2.43. The van der Waals surface area contributed by atoms with Crippen molar-refractivity contribution in [3.05, 3.63) is 6.20 Å². The molecule has 5 heteroatoms. The van der Waals surface area contributed by atoms with Gasteiger partial charge in [0.25, 0.3) is 0 Å². The number of hydrogen-bond donors (Lipinski definition) is 1. The minimum absolute atomic E-state index is 0.623. The second-order valence-electron chi connectivity index (χ2n) is 2.19. The molecule has 0 bridgehead atoms. The molecule has 1 aromatic heterocycles. The Balaban J connectivity index is 2.32. The molecule has 0 aliphatic rings. The molecule has 0 radical (unpaired) electrons. The molecule has 1 aromatic rings. The lowest BCUT2D eigenvalue weighted by atomic mass is 10.5. The molecule has 0 fully saturated rings. The third-order valence-electron chi connectivity index (χ3n) is 1.27. The summed E-state index contributed by atoms with van der Waals surface area (Å²) >= 11 is 0. The Morgan fingerprint density at radius 2 is 2.55 bits per heavy atom. The normalized spacial score (nSPS) is 10.0. The van der Waals surface area contributed by atoms with E-state index in [2.05, 4.69) is 10.3 Å². The molecule has 11 heavy (non-hydrogen) atoms. The maximum absolute atomic E-state index is 5.29. The third-order valence-corrected chi connectivity index (χ3v) is 1.27. The van der Waals surface area contributed by atoms with Gasteiger partial charge in [-0.1, -0.05) is 5.21 Å². The summed E-state index contributed by atoms with van der Waals surface area (Å²) in [5.41, 5.74) is 5.29. The number of hydrogen-bond acceptors (Lipinski definition) is 4. The summed E-state index contributed by atoms with van der Waals surface area (Å²) in [6.45, 7) is 1.27. The first-order chi connectivity index (χ1) is 5.34. The zero-order chi connectivity index (χ0) is 8.10. The van der Waals surface area contributed by atoms with Crippen LogP contribution in [-0.2, 0) is 7.05 Å². The summed E-state index contributed by atoms with van der Waals surface area (Å²) in [7, 11) is 1.78. The first-order valence-corrected chi connectivity index (χ1v) is 3.52. The highest BCUT2D eigenvalue weighted by Gasteiger charge is 1.97. The van der Waals surface area contributed by atoms with Crippen LogP contribution in [0.2, 0.25) is 0 Å². The SMILES string of the molecule is Cn1nncc1OCCCN. The van der Waals surface area contributed by atoms with Crippen molar-refractivity contribution >= 4 is 0 Å². The van der Waals surface area contributed by atoms with E-state index in [9.17, 15) is 0 Å². The zero-order valence-corrected chi connectivity index (χ0v) is 6.53. The Bertz CT molecular complexity index is 210. The van der Waals surface area contributed by atoms with Gasteiger partial charge in [-0.2, -0.15) is 0 Å². The van der Waals surface area contributed by atoms with Crippen LogP contribution in [0.15, 0.2) is 6.20 Å². The Morgan fingerprint density at radius 1 is 1.73 bits per heavy atom. The first-order valence-electron chi connectivity index (χ1n) is 3.52. The van der Waals surface area contributed by atoms with Gasteiger partial charge in [-0.3, -0.25) is 0 Å². The molecule has 0 atom stereocenters. The Morgan fingerprint density at radius 3 is 3.09 bits per heavy atom. The van der Waals surface area contributed by atoms with Gasteiger partial charge in [-0.25, -0.2) is 4.68 Å². The van der Waals surface area contributed by atoms with Crippen LogP contribution in [-0.4, -0.2) is 28.1 Å². The molecule has 62 valence electrons. The van der Waals surface area contributed by atoms with Gasteiger partial charge in [0.2, 0.25) is 5.88 Å². The van der Waals surface area contributed by atoms with Crippen molar-refractivity contribution in [2.75, 3.05) is 13.2 Å². The molecule has 0 amide bonds. The monoisotopic (exact) mass is 156 g/mol. The summed E-state index contributed by atoms with van der Waals surface area (Å²) in [5.74, 6) is 0.679.